The highest BCUT2D eigenvalue weighted by Crippen LogP contribution is 2.44. The number of aromatic amines is 1. The van der Waals surface area contributed by atoms with Gasteiger partial charge in [-0.25, -0.2) is 4.79 Å². The Hall–Kier alpha value is -3.85. The number of carbonyl (C=O) groups excluding carboxylic acids is 1. The van der Waals surface area contributed by atoms with E-state index >= 15 is 0 Å². The van der Waals surface area contributed by atoms with Crippen LogP contribution >= 0.6 is 11.6 Å². The number of aryl methyl sites for hydroxylation is 2. The number of nitrogens with one attached hydrogen (secondary N) is 2. The molecule has 0 spiro atoms. The fourth-order valence-corrected chi connectivity index (χ4v) is 5.32. The third-order valence-electron chi connectivity index (χ3n) is 6.99. The van der Waals surface area contributed by atoms with Gasteiger partial charge in [-0.3, -0.25) is 14.5 Å². The normalized spacial score (nSPS) is 14.1. The van der Waals surface area contributed by atoms with Crippen molar-refractivity contribution in [1.82, 2.24) is 40.0 Å². The standard InChI is InChI=1S/C25H25ClN8O/c1-13-7-19-18(10-28-30-19)22(23(13)26)21-14(2)34(17-11-33(12-17)25(35)27-3)31-24(21)15-5-6-20-16(8-15)9-29-32(20)4/h5-10,17H,11-12H2,1-4H3,(H,27,35)(H,28,30). The van der Waals surface area contributed by atoms with Crippen LogP contribution in [0.5, 0.6) is 0 Å². The van der Waals surface area contributed by atoms with Crippen molar-refractivity contribution >= 4 is 39.4 Å². The molecule has 2 aromatic carbocycles. The number of likely N-dealkylation sites (tertiary alicyclic amines) is 1. The highest BCUT2D eigenvalue weighted by Gasteiger charge is 2.35. The molecular weight excluding hydrogens is 464 g/mol. The Balaban J connectivity index is 1.58. The lowest BCUT2D eigenvalue weighted by Crippen LogP contribution is -2.54. The van der Waals surface area contributed by atoms with Crippen molar-refractivity contribution in [2.24, 2.45) is 7.05 Å². The number of halogens is 1. The van der Waals surface area contributed by atoms with E-state index in [4.69, 9.17) is 16.7 Å². The SMILES string of the molecule is CNC(=O)N1CC(n2nc(-c3ccc4c(cnn4C)c3)c(-c3c(Cl)c(C)cc4[nH]ncc34)c2C)C1. The predicted octanol–water partition coefficient (Wildman–Crippen LogP) is 4.45. The van der Waals surface area contributed by atoms with Gasteiger partial charge in [-0.15, -0.1) is 0 Å². The third kappa shape index (κ3) is 3.22. The number of hydrogen-bond donors (Lipinski definition) is 2. The number of nitrogens with zero attached hydrogens (tertiary/aromatic N) is 6. The van der Waals surface area contributed by atoms with Crippen LogP contribution in [-0.4, -0.2) is 60.8 Å². The number of hydrogen-bond acceptors (Lipinski definition) is 4. The fourth-order valence-electron chi connectivity index (χ4n) is 5.07. The summed E-state index contributed by atoms with van der Waals surface area (Å²) < 4.78 is 3.90. The number of carbonyl (C=O) groups is 1. The van der Waals surface area contributed by atoms with Gasteiger partial charge >= 0.3 is 6.03 Å². The smallest absolute Gasteiger partial charge is 0.317 e. The topological polar surface area (TPSA) is 96.7 Å². The molecule has 0 unspecified atom stereocenters. The molecule has 2 N–H and O–H groups in total. The van der Waals surface area contributed by atoms with Crippen LogP contribution in [0, 0.1) is 13.8 Å². The van der Waals surface area contributed by atoms with Gasteiger partial charge in [0.25, 0.3) is 0 Å². The summed E-state index contributed by atoms with van der Waals surface area (Å²) in [6, 6.07) is 8.29. The number of rotatable bonds is 3. The summed E-state index contributed by atoms with van der Waals surface area (Å²) in [5.74, 6) is 0. The molecule has 3 aromatic heterocycles. The van der Waals surface area contributed by atoms with E-state index < -0.39 is 0 Å². The molecular formula is C25H25ClN8O. The van der Waals surface area contributed by atoms with Crippen LogP contribution in [0.3, 0.4) is 0 Å². The highest BCUT2D eigenvalue weighted by molar-refractivity contribution is 6.36. The highest BCUT2D eigenvalue weighted by atomic mass is 35.5. The Kier molecular flexibility index (Phi) is 4.86. The Bertz CT molecular complexity index is 1620. The molecule has 1 fully saturated rings. The van der Waals surface area contributed by atoms with Crippen LogP contribution in [0.25, 0.3) is 44.2 Å². The maximum Gasteiger partial charge on any atom is 0.317 e. The first-order chi connectivity index (χ1) is 16.9. The number of amides is 2. The average Bonchev–Trinajstić information content (AvgIpc) is 3.52. The molecule has 0 aliphatic carbocycles. The van der Waals surface area contributed by atoms with Crippen molar-refractivity contribution < 1.29 is 4.79 Å². The molecule has 6 rings (SSSR count). The van der Waals surface area contributed by atoms with E-state index in [1.165, 1.54) is 0 Å². The zero-order valence-corrected chi connectivity index (χ0v) is 20.7. The molecule has 1 aliphatic rings. The predicted molar refractivity (Wildman–Crippen MR) is 137 cm³/mol. The van der Waals surface area contributed by atoms with E-state index in [0.717, 1.165) is 55.4 Å². The molecule has 1 saturated heterocycles. The maximum atomic E-state index is 12.0. The van der Waals surface area contributed by atoms with Crippen LogP contribution < -0.4 is 5.32 Å². The third-order valence-corrected chi connectivity index (χ3v) is 7.48. The van der Waals surface area contributed by atoms with Gasteiger partial charge in [-0.2, -0.15) is 15.3 Å². The summed E-state index contributed by atoms with van der Waals surface area (Å²) in [5, 5.41) is 22.2. The lowest BCUT2D eigenvalue weighted by molar-refractivity contribution is 0.119. The Morgan fingerprint density at radius 2 is 1.97 bits per heavy atom. The van der Waals surface area contributed by atoms with Crippen LogP contribution in [0.15, 0.2) is 36.7 Å². The number of fused-ring (bicyclic) bond motifs is 2. The molecule has 5 aromatic rings. The van der Waals surface area contributed by atoms with Crippen molar-refractivity contribution in [3.05, 3.63) is 52.9 Å². The van der Waals surface area contributed by atoms with Gasteiger partial charge in [0.15, 0.2) is 0 Å². The van der Waals surface area contributed by atoms with Gasteiger partial charge in [0.2, 0.25) is 0 Å². The zero-order valence-electron chi connectivity index (χ0n) is 19.9. The minimum Gasteiger partial charge on any atom is -0.341 e. The molecule has 1 aliphatic heterocycles. The number of H-pyrrole nitrogens is 1. The van der Waals surface area contributed by atoms with Gasteiger partial charge in [-0.05, 0) is 37.6 Å². The number of aromatic nitrogens is 6. The van der Waals surface area contributed by atoms with E-state index in [1.54, 1.807) is 11.9 Å². The number of urea groups is 1. The van der Waals surface area contributed by atoms with Crippen molar-refractivity contribution in [3.63, 3.8) is 0 Å². The molecule has 35 heavy (non-hydrogen) atoms. The van der Waals surface area contributed by atoms with Gasteiger partial charge in [0.1, 0.15) is 5.69 Å². The Morgan fingerprint density at radius 1 is 1.17 bits per heavy atom. The van der Waals surface area contributed by atoms with Crippen LogP contribution in [0.4, 0.5) is 4.79 Å². The first kappa shape index (κ1) is 21.7. The molecule has 0 bridgehead atoms. The molecule has 0 radical (unpaired) electrons. The Labute approximate surface area is 206 Å². The molecule has 4 heterocycles. The van der Waals surface area contributed by atoms with Gasteiger partial charge in [-0.1, -0.05) is 17.7 Å². The van der Waals surface area contributed by atoms with Gasteiger partial charge < -0.3 is 10.2 Å². The van der Waals surface area contributed by atoms with Crippen molar-refractivity contribution in [1.29, 1.82) is 0 Å². The summed E-state index contributed by atoms with van der Waals surface area (Å²) >= 11 is 6.96. The van der Waals surface area contributed by atoms with Crippen molar-refractivity contribution in [3.8, 4) is 22.4 Å². The number of benzene rings is 2. The van der Waals surface area contributed by atoms with E-state index in [1.807, 2.05) is 41.8 Å². The Morgan fingerprint density at radius 3 is 2.74 bits per heavy atom. The first-order valence-corrected chi connectivity index (χ1v) is 11.9. The summed E-state index contributed by atoms with van der Waals surface area (Å²) in [7, 11) is 3.58. The molecule has 178 valence electrons. The van der Waals surface area contributed by atoms with E-state index in [-0.39, 0.29) is 12.1 Å². The summed E-state index contributed by atoms with van der Waals surface area (Å²) in [4.78, 5) is 13.8. The average molecular weight is 489 g/mol. The minimum atomic E-state index is -0.0737. The second kappa shape index (κ2) is 7.84. The molecule has 0 saturated carbocycles. The van der Waals surface area contributed by atoms with Crippen molar-refractivity contribution in [2.75, 3.05) is 20.1 Å². The van der Waals surface area contributed by atoms with Gasteiger partial charge in [0.05, 0.1) is 34.5 Å². The first-order valence-electron chi connectivity index (χ1n) is 11.5. The monoisotopic (exact) mass is 488 g/mol. The summed E-state index contributed by atoms with van der Waals surface area (Å²) in [5.41, 5.74) is 7.68. The van der Waals surface area contributed by atoms with E-state index in [9.17, 15) is 4.79 Å². The molecule has 0 atom stereocenters. The molecule has 2 amide bonds. The zero-order chi connectivity index (χ0) is 24.4. The maximum absolute atomic E-state index is 12.0. The fraction of sp³-hybridized carbons (Fsp3) is 0.280. The second-order valence-electron chi connectivity index (χ2n) is 9.12. The van der Waals surface area contributed by atoms with Crippen molar-refractivity contribution in [2.45, 2.75) is 19.9 Å². The summed E-state index contributed by atoms with van der Waals surface area (Å²) in [6.45, 7) is 5.28. The lowest BCUT2D eigenvalue weighted by atomic mass is 9.94. The van der Waals surface area contributed by atoms with Crippen LogP contribution in [-0.2, 0) is 7.05 Å². The lowest BCUT2D eigenvalue weighted by Gasteiger charge is -2.39. The van der Waals surface area contributed by atoms with Crippen LogP contribution in [0.1, 0.15) is 17.3 Å². The quantitative estimate of drug-likeness (QED) is 0.392. The largest absolute Gasteiger partial charge is 0.341 e. The van der Waals surface area contributed by atoms with Gasteiger partial charge in [0, 0.05) is 60.3 Å². The van der Waals surface area contributed by atoms with E-state index in [0.29, 0.717) is 18.1 Å². The molecule has 9 nitrogen and oxygen atoms in total. The second-order valence-corrected chi connectivity index (χ2v) is 9.50. The summed E-state index contributed by atoms with van der Waals surface area (Å²) in [6.07, 6.45) is 3.68. The van der Waals surface area contributed by atoms with E-state index in [2.05, 4.69) is 45.7 Å². The molecule has 10 heteroatoms. The minimum absolute atomic E-state index is 0.0737. The van der Waals surface area contributed by atoms with Crippen LogP contribution in [0.2, 0.25) is 5.02 Å².